The van der Waals surface area contributed by atoms with Crippen LogP contribution in [0, 0.1) is 5.41 Å². The molecule has 1 atom stereocenters. The highest BCUT2D eigenvalue weighted by Gasteiger charge is 2.63. The van der Waals surface area contributed by atoms with Gasteiger partial charge in [0.25, 0.3) is 0 Å². The van der Waals surface area contributed by atoms with Gasteiger partial charge >= 0.3 is 0 Å². The maximum absolute atomic E-state index is 5.98. The molecule has 3 aliphatic carbocycles. The molecular weight excluding hydrogens is 400 g/mol. The van der Waals surface area contributed by atoms with E-state index in [1.807, 2.05) is 0 Å². The van der Waals surface area contributed by atoms with Crippen LogP contribution in [-0.2, 0) is 9.47 Å². The molecule has 1 saturated heterocycles. The molecule has 0 aromatic heterocycles. The molecule has 2 aliphatic heterocycles. The van der Waals surface area contributed by atoms with Gasteiger partial charge in [-0.25, -0.2) is 0 Å². The van der Waals surface area contributed by atoms with Crippen LogP contribution in [0.5, 0.6) is 0 Å². The summed E-state index contributed by atoms with van der Waals surface area (Å²) in [6.07, 6.45) is 10.3. The van der Waals surface area contributed by atoms with E-state index >= 15 is 0 Å². The van der Waals surface area contributed by atoms with Gasteiger partial charge in [0.05, 0.1) is 13.2 Å². The van der Waals surface area contributed by atoms with Crippen molar-refractivity contribution < 1.29 is 9.47 Å². The van der Waals surface area contributed by atoms with Crippen molar-refractivity contribution in [1.82, 2.24) is 10.6 Å². The van der Waals surface area contributed by atoms with Crippen LogP contribution in [0.15, 0.2) is 33.6 Å². The molecule has 0 amide bonds. The van der Waals surface area contributed by atoms with E-state index in [9.17, 15) is 0 Å². The highest BCUT2D eigenvalue weighted by atomic mass is 79.9. The predicted octanol–water partition coefficient (Wildman–Crippen LogP) is 3.79. The molecular formula is C19H23BrN2O2S. The summed E-state index contributed by atoms with van der Waals surface area (Å²) in [6, 6.07) is 0. The summed E-state index contributed by atoms with van der Waals surface area (Å²) in [5, 5.41) is 7.52. The lowest BCUT2D eigenvalue weighted by Gasteiger charge is -2.51. The Morgan fingerprint density at radius 2 is 1.88 bits per heavy atom. The van der Waals surface area contributed by atoms with Crippen LogP contribution in [-0.4, -0.2) is 29.5 Å². The summed E-state index contributed by atoms with van der Waals surface area (Å²) in [6.45, 7) is 3.58. The van der Waals surface area contributed by atoms with Gasteiger partial charge in [0.1, 0.15) is 5.66 Å². The number of thiocarbonyl (C=S) groups is 1. The lowest BCUT2D eigenvalue weighted by molar-refractivity contribution is -0.196. The Bertz CT molecular complexity index is 741. The molecule has 5 aliphatic rings. The third kappa shape index (κ3) is 2.20. The van der Waals surface area contributed by atoms with E-state index in [-0.39, 0.29) is 16.9 Å². The van der Waals surface area contributed by atoms with Gasteiger partial charge in [0, 0.05) is 51.5 Å². The van der Waals surface area contributed by atoms with Crippen LogP contribution < -0.4 is 10.6 Å². The lowest BCUT2D eigenvalue weighted by Crippen LogP contribution is -2.63. The van der Waals surface area contributed by atoms with E-state index in [1.54, 1.807) is 0 Å². The van der Waals surface area contributed by atoms with Crippen molar-refractivity contribution in [3.8, 4) is 0 Å². The number of hydrogen-bond donors (Lipinski definition) is 2. The fraction of sp³-hybridized carbons (Fsp3) is 0.632. The average Bonchev–Trinajstić information content (AvgIpc) is 3.25. The first-order valence-electron chi connectivity index (χ1n) is 9.11. The van der Waals surface area contributed by atoms with Gasteiger partial charge < -0.3 is 20.1 Å². The minimum Gasteiger partial charge on any atom is -0.363 e. The monoisotopic (exact) mass is 422 g/mol. The zero-order valence-electron chi connectivity index (χ0n) is 14.4. The van der Waals surface area contributed by atoms with E-state index < -0.39 is 0 Å². The van der Waals surface area contributed by atoms with E-state index in [1.165, 1.54) is 21.3 Å². The van der Waals surface area contributed by atoms with Crippen LogP contribution in [0.25, 0.3) is 0 Å². The number of rotatable bonds is 0. The van der Waals surface area contributed by atoms with Gasteiger partial charge in [-0.3, -0.25) is 0 Å². The third-order valence-corrected chi connectivity index (χ3v) is 7.58. The first kappa shape index (κ1) is 16.5. The third-order valence-electron chi connectivity index (χ3n) is 6.68. The van der Waals surface area contributed by atoms with Crippen LogP contribution in [0.1, 0.15) is 45.4 Å². The summed E-state index contributed by atoms with van der Waals surface area (Å²) < 4.78 is 13.1. The molecule has 2 fully saturated rings. The molecule has 1 unspecified atom stereocenters. The zero-order valence-corrected chi connectivity index (χ0v) is 16.8. The van der Waals surface area contributed by atoms with Crippen molar-refractivity contribution in [2.45, 2.75) is 56.9 Å². The van der Waals surface area contributed by atoms with E-state index in [0.717, 1.165) is 56.6 Å². The predicted molar refractivity (Wildman–Crippen MR) is 104 cm³/mol. The summed E-state index contributed by atoms with van der Waals surface area (Å²) in [5.74, 6) is -0.340. The zero-order chi connectivity index (χ0) is 17.3. The Kier molecular flexibility index (Phi) is 3.57. The highest BCUT2D eigenvalue weighted by Crippen LogP contribution is 2.61. The fourth-order valence-electron chi connectivity index (χ4n) is 5.45. The maximum Gasteiger partial charge on any atom is 0.168 e. The number of ether oxygens (including phenoxy) is 2. The van der Waals surface area contributed by atoms with Crippen LogP contribution in [0.3, 0.4) is 0 Å². The summed E-state index contributed by atoms with van der Waals surface area (Å²) in [5.41, 5.74) is 3.72. The van der Waals surface area contributed by atoms with E-state index in [4.69, 9.17) is 21.7 Å². The van der Waals surface area contributed by atoms with Gasteiger partial charge in [-0.05, 0) is 37.8 Å². The lowest BCUT2D eigenvalue weighted by atomic mass is 9.63. The number of nitrogens with one attached hydrogen (secondary N) is 2. The molecule has 5 rings (SSSR count). The fourth-order valence-corrected chi connectivity index (χ4v) is 6.48. The van der Waals surface area contributed by atoms with Crippen LogP contribution in [0.2, 0.25) is 0 Å². The molecule has 0 aromatic rings. The summed E-state index contributed by atoms with van der Waals surface area (Å²) >= 11 is 9.47. The van der Waals surface area contributed by atoms with Gasteiger partial charge in [0.2, 0.25) is 0 Å². The normalized spacial score (nSPS) is 35.0. The molecule has 4 nitrogen and oxygen atoms in total. The quantitative estimate of drug-likeness (QED) is 0.581. The van der Waals surface area contributed by atoms with Crippen molar-refractivity contribution in [3.05, 3.63) is 33.6 Å². The first-order chi connectivity index (χ1) is 12.0. The molecule has 3 spiro atoms. The minimum atomic E-state index is -0.340. The van der Waals surface area contributed by atoms with Crippen molar-refractivity contribution >= 4 is 33.0 Å². The molecule has 25 heavy (non-hydrogen) atoms. The number of fused-ring (bicyclic) bond motifs is 2. The Morgan fingerprint density at radius 3 is 2.52 bits per heavy atom. The number of hydrogen-bond acceptors (Lipinski definition) is 5. The molecule has 6 heteroatoms. The van der Waals surface area contributed by atoms with Crippen molar-refractivity contribution in [2.75, 3.05) is 13.2 Å². The first-order valence-corrected chi connectivity index (χ1v) is 10.3. The second-order valence-electron chi connectivity index (χ2n) is 7.99. The SMILES string of the molecule is CC1=CNC2(N1)C1=C(CC23CCC2(CC3)OCCO2)C(=S)CC(Br)=C1. The molecule has 134 valence electrons. The summed E-state index contributed by atoms with van der Waals surface area (Å²) in [7, 11) is 0. The smallest absolute Gasteiger partial charge is 0.168 e. The van der Waals surface area contributed by atoms with Crippen LogP contribution >= 0.6 is 28.1 Å². The van der Waals surface area contributed by atoms with Gasteiger partial charge in [-0.15, -0.1) is 0 Å². The molecule has 0 aromatic carbocycles. The van der Waals surface area contributed by atoms with Crippen molar-refractivity contribution in [2.24, 2.45) is 5.41 Å². The Labute approximate surface area is 162 Å². The largest absolute Gasteiger partial charge is 0.363 e. The number of halogens is 1. The van der Waals surface area contributed by atoms with E-state index in [0.29, 0.717) is 0 Å². The van der Waals surface area contributed by atoms with Gasteiger partial charge in [-0.2, -0.15) is 0 Å². The number of allylic oxidation sites excluding steroid dienone is 3. The molecule has 2 N–H and O–H groups in total. The van der Waals surface area contributed by atoms with Crippen molar-refractivity contribution in [3.63, 3.8) is 0 Å². The maximum atomic E-state index is 5.98. The van der Waals surface area contributed by atoms with Crippen LogP contribution in [0.4, 0.5) is 0 Å². The molecule has 0 bridgehead atoms. The van der Waals surface area contributed by atoms with Crippen molar-refractivity contribution in [1.29, 1.82) is 0 Å². The highest BCUT2D eigenvalue weighted by molar-refractivity contribution is 9.11. The summed E-state index contributed by atoms with van der Waals surface area (Å²) in [4.78, 5) is 1.09. The molecule has 2 heterocycles. The second-order valence-corrected chi connectivity index (χ2v) is 9.51. The topological polar surface area (TPSA) is 42.5 Å². The standard InChI is InChI=1S/C19H23BrN2O2S/c1-12-11-21-19(22-12)15-8-13(20)9-16(25)14(15)10-17(19)2-4-18(5-3-17)23-6-7-24-18/h8,11,21-22H,2-7,9-10H2,1H3. The van der Waals surface area contributed by atoms with Gasteiger partial charge in [-0.1, -0.05) is 28.1 Å². The molecule has 1 saturated carbocycles. The van der Waals surface area contributed by atoms with Gasteiger partial charge in [0.15, 0.2) is 5.79 Å². The Balaban J connectivity index is 1.54. The Morgan fingerprint density at radius 1 is 1.16 bits per heavy atom. The molecule has 0 radical (unpaired) electrons. The van der Waals surface area contributed by atoms with E-state index in [2.05, 4.69) is 45.8 Å². The second kappa shape index (κ2) is 5.41. The minimum absolute atomic E-state index is 0.102. The average molecular weight is 423 g/mol. The Hall–Kier alpha value is -0.690.